The molecule has 0 radical (unpaired) electrons. The van der Waals surface area contributed by atoms with E-state index in [1.54, 1.807) is 6.07 Å². The Morgan fingerprint density at radius 1 is 1.00 bits per heavy atom. The van der Waals surface area contributed by atoms with Crippen molar-refractivity contribution in [2.24, 2.45) is 0 Å². The molecule has 0 atom stereocenters. The van der Waals surface area contributed by atoms with Crippen LogP contribution in [0.5, 0.6) is 11.5 Å². The molecule has 2 aromatic rings. The maximum atomic E-state index is 5.67. The van der Waals surface area contributed by atoms with E-state index in [4.69, 9.17) is 21.1 Å². The molecule has 1 aliphatic heterocycles. The molecule has 0 saturated heterocycles. The maximum Gasteiger partial charge on any atom is 0.231 e. The van der Waals surface area contributed by atoms with Gasteiger partial charge in [0.1, 0.15) is 0 Å². The fourth-order valence-corrected chi connectivity index (χ4v) is 1.63. The molecule has 16 heavy (non-hydrogen) atoms. The summed E-state index contributed by atoms with van der Waals surface area (Å²) in [6, 6.07) is 9.15. The Balaban J connectivity index is 2.03. The summed E-state index contributed by atoms with van der Waals surface area (Å²) in [5.41, 5.74) is 1.68. The molecule has 1 aromatic carbocycles. The van der Waals surface area contributed by atoms with Gasteiger partial charge in [-0.25, -0.2) is 0 Å². The highest BCUT2D eigenvalue weighted by Gasteiger charge is 2.14. The summed E-state index contributed by atoms with van der Waals surface area (Å²) in [7, 11) is 0. The first-order valence-corrected chi connectivity index (χ1v) is 5.10. The standard InChI is InChI=1S/C11H7ClN2O2/c12-11-4-2-8(13-14-11)7-1-3-9-10(5-7)16-6-15-9/h1-5H,6H2. The van der Waals surface area contributed by atoms with Gasteiger partial charge in [0.25, 0.3) is 0 Å². The lowest BCUT2D eigenvalue weighted by Gasteiger charge is -2.01. The lowest BCUT2D eigenvalue weighted by Crippen LogP contribution is -1.92. The Bertz CT molecular complexity index is 528. The second-order valence-electron chi connectivity index (χ2n) is 3.31. The van der Waals surface area contributed by atoms with Crippen molar-refractivity contribution >= 4 is 11.6 Å². The zero-order chi connectivity index (χ0) is 11.0. The molecular weight excluding hydrogens is 228 g/mol. The molecule has 3 rings (SSSR count). The van der Waals surface area contributed by atoms with Crippen molar-refractivity contribution in [3.63, 3.8) is 0 Å². The number of halogens is 1. The number of benzene rings is 1. The van der Waals surface area contributed by atoms with Crippen LogP contribution in [-0.2, 0) is 0 Å². The number of aromatic nitrogens is 2. The molecule has 0 unspecified atom stereocenters. The molecule has 80 valence electrons. The Morgan fingerprint density at radius 3 is 2.69 bits per heavy atom. The fourth-order valence-electron chi connectivity index (χ4n) is 1.53. The summed E-state index contributed by atoms with van der Waals surface area (Å²) < 4.78 is 10.5. The van der Waals surface area contributed by atoms with Gasteiger partial charge in [0.2, 0.25) is 6.79 Å². The first-order chi connectivity index (χ1) is 7.83. The first kappa shape index (κ1) is 9.42. The summed E-state index contributed by atoms with van der Waals surface area (Å²) in [4.78, 5) is 0. The van der Waals surface area contributed by atoms with E-state index in [1.807, 2.05) is 24.3 Å². The number of hydrogen-bond acceptors (Lipinski definition) is 4. The van der Waals surface area contributed by atoms with E-state index in [9.17, 15) is 0 Å². The van der Waals surface area contributed by atoms with Gasteiger partial charge in [-0.15, -0.1) is 10.2 Å². The average molecular weight is 235 g/mol. The van der Waals surface area contributed by atoms with Crippen LogP contribution in [0.15, 0.2) is 30.3 Å². The van der Waals surface area contributed by atoms with Crippen LogP contribution in [-0.4, -0.2) is 17.0 Å². The van der Waals surface area contributed by atoms with Gasteiger partial charge in [-0.05, 0) is 30.3 Å². The van der Waals surface area contributed by atoms with E-state index < -0.39 is 0 Å². The molecule has 0 amide bonds. The van der Waals surface area contributed by atoms with Crippen molar-refractivity contribution in [1.82, 2.24) is 10.2 Å². The number of nitrogens with zero attached hydrogens (tertiary/aromatic N) is 2. The Labute approximate surface area is 96.8 Å². The molecular formula is C11H7ClN2O2. The quantitative estimate of drug-likeness (QED) is 0.761. The predicted octanol–water partition coefficient (Wildman–Crippen LogP) is 2.53. The zero-order valence-corrected chi connectivity index (χ0v) is 8.94. The first-order valence-electron chi connectivity index (χ1n) is 4.72. The predicted molar refractivity (Wildman–Crippen MR) is 58.6 cm³/mol. The van der Waals surface area contributed by atoms with Crippen molar-refractivity contribution in [3.8, 4) is 22.8 Å². The molecule has 0 aliphatic carbocycles. The highest BCUT2D eigenvalue weighted by Crippen LogP contribution is 2.35. The lowest BCUT2D eigenvalue weighted by atomic mass is 10.1. The van der Waals surface area contributed by atoms with Gasteiger partial charge in [-0.3, -0.25) is 0 Å². The summed E-state index contributed by atoms with van der Waals surface area (Å²) in [5.74, 6) is 1.49. The van der Waals surface area contributed by atoms with Crippen molar-refractivity contribution < 1.29 is 9.47 Å². The second kappa shape index (κ2) is 3.64. The lowest BCUT2D eigenvalue weighted by molar-refractivity contribution is 0.174. The number of ether oxygens (including phenoxy) is 2. The average Bonchev–Trinajstić information content (AvgIpc) is 2.77. The van der Waals surface area contributed by atoms with E-state index >= 15 is 0 Å². The molecule has 4 nitrogen and oxygen atoms in total. The molecule has 1 aliphatic rings. The SMILES string of the molecule is Clc1ccc(-c2ccc3c(c2)OCO3)nn1. The Morgan fingerprint density at radius 2 is 1.88 bits per heavy atom. The van der Waals surface area contributed by atoms with Gasteiger partial charge in [0.05, 0.1) is 5.69 Å². The Hall–Kier alpha value is -1.81. The molecule has 2 heterocycles. The number of fused-ring (bicyclic) bond motifs is 1. The molecule has 0 saturated carbocycles. The van der Waals surface area contributed by atoms with E-state index in [0.717, 1.165) is 22.8 Å². The molecule has 0 bridgehead atoms. The summed E-state index contributed by atoms with van der Waals surface area (Å²) in [6.07, 6.45) is 0. The molecule has 5 heteroatoms. The number of rotatable bonds is 1. The summed E-state index contributed by atoms with van der Waals surface area (Å²) >= 11 is 5.67. The van der Waals surface area contributed by atoms with Crippen LogP contribution in [0, 0.1) is 0 Å². The van der Waals surface area contributed by atoms with E-state index in [2.05, 4.69) is 10.2 Å². The molecule has 0 spiro atoms. The van der Waals surface area contributed by atoms with Crippen LogP contribution in [0.1, 0.15) is 0 Å². The second-order valence-corrected chi connectivity index (χ2v) is 3.70. The van der Waals surface area contributed by atoms with E-state index in [-0.39, 0.29) is 6.79 Å². The van der Waals surface area contributed by atoms with Crippen molar-refractivity contribution in [3.05, 3.63) is 35.5 Å². The maximum absolute atomic E-state index is 5.67. The van der Waals surface area contributed by atoms with Crippen LogP contribution < -0.4 is 9.47 Å². The largest absolute Gasteiger partial charge is 0.454 e. The van der Waals surface area contributed by atoms with Crippen molar-refractivity contribution in [2.45, 2.75) is 0 Å². The summed E-state index contributed by atoms with van der Waals surface area (Å²) in [5, 5.41) is 8.17. The fraction of sp³-hybridized carbons (Fsp3) is 0.0909. The van der Waals surface area contributed by atoms with Crippen LogP contribution in [0.4, 0.5) is 0 Å². The number of hydrogen-bond donors (Lipinski definition) is 0. The molecule has 1 aromatic heterocycles. The topological polar surface area (TPSA) is 44.2 Å². The van der Waals surface area contributed by atoms with Crippen LogP contribution >= 0.6 is 11.6 Å². The van der Waals surface area contributed by atoms with E-state index in [1.165, 1.54) is 0 Å². The zero-order valence-electron chi connectivity index (χ0n) is 8.18. The van der Waals surface area contributed by atoms with Gasteiger partial charge >= 0.3 is 0 Å². The van der Waals surface area contributed by atoms with Gasteiger partial charge in [-0.2, -0.15) is 0 Å². The van der Waals surface area contributed by atoms with Crippen molar-refractivity contribution in [1.29, 1.82) is 0 Å². The highest BCUT2D eigenvalue weighted by atomic mass is 35.5. The van der Waals surface area contributed by atoms with Crippen LogP contribution in [0.2, 0.25) is 5.15 Å². The third kappa shape index (κ3) is 1.57. The third-order valence-electron chi connectivity index (χ3n) is 2.30. The smallest absolute Gasteiger partial charge is 0.231 e. The van der Waals surface area contributed by atoms with Gasteiger partial charge in [0.15, 0.2) is 16.7 Å². The molecule has 0 N–H and O–H groups in total. The van der Waals surface area contributed by atoms with Gasteiger partial charge < -0.3 is 9.47 Å². The minimum absolute atomic E-state index is 0.269. The van der Waals surface area contributed by atoms with Gasteiger partial charge in [0, 0.05) is 5.56 Å². The minimum Gasteiger partial charge on any atom is -0.454 e. The highest BCUT2D eigenvalue weighted by molar-refractivity contribution is 6.29. The molecule has 0 fully saturated rings. The Kier molecular flexibility index (Phi) is 2.15. The minimum atomic E-state index is 0.269. The third-order valence-corrected chi connectivity index (χ3v) is 2.50. The van der Waals surface area contributed by atoms with Crippen molar-refractivity contribution in [2.75, 3.05) is 6.79 Å². The van der Waals surface area contributed by atoms with Crippen LogP contribution in [0.25, 0.3) is 11.3 Å². The van der Waals surface area contributed by atoms with Crippen LogP contribution in [0.3, 0.4) is 0 Å². The van der Waals surface area contributed by atoms with Gasteiger partial charge in [-0.1, -0.05) is 11.6 Å². The normalized spacial score (nSPS) is 12.8. The van der Waals surface area contributed by atoms with E-state index in [0.29, 0.717) is 5.15 Å². The monoisotopic (exact) mass is 234 g/mol. The summed E-state index contributed by atoms with van der Waals surface area (Å²) in [6.45, 7) is 0.269.